The molecule has 1 aliphatic heterocycles. The van der Waals surface area contributed by atoms with E-state index in [9.17, 15) is 0 Å². The van der Waals surface area contributed by atoms with Crippen LogP contribution in [0.5, 0.6) is 5.75 Å². The normalized spacial score (nSPS) is 12.6. The molecule has 4 aromatic rings. The van der Waals surface area contributed by atoms with Crippen LogP contribution in [0, 0.1) is 3.57 Å². The van der Waals surface area contributed by atoms with Crippen LogP contribution in [0.3, 0.4) is 0 Å². The summed E-state index contributed by atoms with van der Waals surface area (Å²) >= 11 is 2.35. The van der Waals surface area contributed by atoms with Crippen molar-refractivity contribution < 1.29 is 4.65 Å². The van der Waals surface area contributed by atoms with E-state index in [1.165, 1.54) is 31.3 Å². The lowest BCUT2D eigenvalue weighted by Crippen LogP contribution is -2.49. The fourth-order valence-corrected chi connectivity index (χ4v) is 4.49. The van der Waals surface area contributed by atoms with E-state index in [2.05, 4.69) is 132 Å². The number of halogens is 1. The molecule has 29 heavy (non-hydrogen) atoms. The SMILES string of the molecule is CN1B(c2c(-c3ccccc3)cccc2-c2ccccc2)Oc2ccc(I)cc21. The first-order valence-electron chi connectivity index (χ1n) is 9.65. The lowest BCUT2D eigenvalue weighted by atomic mass is 9.65. The van der Waals surface area contributed by atoms with Gasteiger partial charge in [0, 0.05) is 9.03 Å². The van der Waals surface area contributed by atoms with E-state index in [1.807, 2.05) is 0 Å². The van der Waals surface area contributed by atoms with Crippen LogP contribution in [0.15, 0.2) is 97.1 Å². The molecule has 4 heteroatoms. The van der Waals surface area contributed by atoms with Gasteiger partial charge in [0.1, 0.15) is 5.75 Å². The Hall–Kier alpha value is -2.73. The monoisotopic (exact) mass is 487 g/mol. The molecule has 0 aromatic heterocycles. The van der Waals surface area contributed by atoms with Crippen molar-refractivity contribution in [2.24, 2.45) is 0 Å². The fourth-order valence-electron chi connectivity index (χ4n) is 4.01. The van der Waals surface area contributed by atoms with Gasteiger partial charge in [0.2, 0.25) is 0 Å². The number of nitrogens with zero attached hydrogens (tertiary/aromatic N) is 1. The Morgan fingerprint density at radius 3 is 1.90 bits per heavy atom. The molecule has 140 valence electrons. The van der Waals surface area contributed by atoms with Crippen LogP contribution < -0.4 is 14.9 Å². The first-order valence-corrected chi connectivity index (χ1v) is 10.7. The van der Waals surface area contributed by atoms with E-state index >= 15 is 0 Å². The molecule has 0 amide bonds. The molecular weight excluding hydrogens is 468 g/mol. The molecule has 0 radical (unpaired) electrons. The molecular formula is C25H19BINO. The van der Waals surface area contributed by atoms with E-state index < -0.39 is 0 Å². The Bertz CT molecular complexity index is 1110. The van der Waals surface area contributed by atoms with Crippen LogP contribution in [0.25, 0.3) is 22.3 Å². The van der Waals surface area contributed by atoms with Crippen LogP contribution in [0.1, 0.15) is 0 Å². The van der Waals surface area contributed by atoms with Crippen LogP contribution in [-0.4, -0.2) is 14.1 Å². The maximum atomic E-state index is 6.51. The molecule has 2 nitrogen and oxygen atoms in total. The van der Waals surface area contributed by atoms with Gasteiger partial charge in [-0.2, -0.15) is 0 Å². The number of fused-ring (bicyclic) bond motifs is 1. The van der Waals surface area contributed by atoms with Crippen molar-refractivity contribution >= 4 is 40.8 Å². The Morgan fingerprint density at radius 2 is 1.31 bits per heavy atom. The number of anilines is 1. The summed E-state index contributed by atoms with van der Waals surface area (Å²) in [6.07, 6.45) is 0. The summed E-state index contributed by atoms with van der Waals surface area (Å²) in [7, 11) is 1.93. The number of benzene rings is 4. The largest absolute Gasteiger partial charge is 0.536 e. The van der Waals surface area contributed by atoms with Crippen LogP contribution in [0.2, 0.25) is 0 Å². The molecule has 0 atom stereocenters. The van der Waals surface area contributed by atoms with E-state index in [0.29, 0.717) is 0 Å². The van der Waals surface area contributed by atoms with Gasteiger partial charge in [-0.05, 0) is 70.1 Å². The van der Waals surface area contributed by atoms with Gasteiger partial charge in [0.05, 0.1) is 5.69 Å². The lowest BCUT2D eigenvalue weighted by molar-refractivity contribution is 0.603. The third-order valence-electron chi connectivity index (χ3n) is 5.41. The van der Waals surface area contributed by atoms with Crippen molar-refractivity contribution in [3.8, 4) is 28.0 Å². The summed E-state index contributed by atoms with van der Waals surface area (Å²) in [6.45, 7) is 0. The maximum Gasteiger partial charge on any atom is 0.520 e. The second-order valence-corrected chi connectivity index (χ2v) is 8.44. The zero-order valence-electron chi connectivity index (χ0n) is 16.0. The van der Waals surface area contributed by atoms with Crippen LogP contribution in [0.4, 0.5) is 5.69 Å². The standard InChI is InChI=1S/C25H19BINO/c1-28-23-17-20(27)15-16-24(23)29-26(28)25-21(18-9-4-2-5-10-18)13-8-14-22(25)19-11-6-3-7-12-19/h2-17H,1H3. The molecule has 4 aromatic carbocycles. The van der Waals surface area contributed by atoms with Gasteiger partial charge in [-0.1, -0.05) is 78.9 Å². The van der Waals surface area contributed by atoms with Crippen molar-refractivity contribution in [1.82, 2.24) is 0 Å². The van der Waals surface area contributed by atoms with E-state index in [1.54, 1.807) is 0 Å². The van der Waals surface area contributed by atoms with Crippen LogP contribution >= 0.6 is 22.6 Å². The second kappa shape index (κ2) is 7.60. The molecule has 0 aliphatic carbocycles. The molecule has 0 spiro atoms. The average Bonchev–Trinajstić information content (AvgIpc) is 3.10. The zero-order chi connectivity index (χ0) is 19.8. The quantitative estimate of drug-likeness (QED) is 0.266. The number of rotatable bonds is 3. The average molecular weight is 487 g/mol. The Labute approximate surface area is 185 Å². The van der Waals surface area contributed by atoms with Gasteiger partial charge >= 0.3 is 7.05 Å². The van der Waals surface area contributed by atoms with Crippen molar-refractivity contribution in [2.75, 3.05) is 11.9 Å². The summed E-state index contributed by atoms with van der Waals surface area (Å²) in [4.78, 5) is 2.24. The summed E-state index contributed by atoms with van der Waals surface area (Å²) in [6, 6.07) is 34.0. The first kappa shape index (κ1) is 18.3. The highest BCUT2D eigenvalue weighted by atomic mass is 127. The molecule has 0 bridgehead atoms. The van der Waals surface area contributed by atoms with Gasteiger partial charge in [0.15, 0.2) is 0 Å². The third-order valence-corrected chi connectivity index (χ3v) is 6.08. The van der Waals surface area contributed by atoms with E-state index in [4.69, 9.17) is 4.65 Å². The second-order valence-electron chi connectivity index (χ2n) is 7.19. The van der Waals surface area contributed by atoms with Crippen molar-refractivity contribution in [1.29, 1.82) is 0 Å². The highest BCUT2D eigenvalue weighted by Crippen LogP contribution is 2.37. The first-order chi connectivity index (χ1) is 14.2. The van der Waals surface area contributed by atoms with Crippen molar-refractivity contribution in [3.05, 3.63) is 101 Å². The smallest absolute Gasteiger partial charge is 0.520 e. The van der Waals surface area contributed by atoms with Gasteiger partial charge in [-0.25, -0.2) is 0 Å². The van der Waals surface area contributed by atoms with Crippen LogP contribution in [-0.2, 0) is 0 Å². The predicted octanol–water partition coefficient (Wildman–Crippen LogP) is 5.85. The molecule has 0 fully saturated rings. The van der Waals surface area contributed by atoms with Gasteiger partial charge in [0.25, 0.3) is 0 Å². The van der Waals surface area contributed by atoms with Gasteiger partial charge < -0.3 is 9.47 Å². The minimum Gasteiger partial charge on any atom is -0.536 e. The maximum absolute atomic E-state index is 6.51. The predicted molar refractivity (Wildman–Crippen MR) is 131 cm³/mol. The minimum atomic E-state index is -0.185. The summed E-state index contributed by atoms with van der Waals surface area (Å²) in [5, 5.41) is 0. The third kappa shape index (κ3) is 3.31. The molecule has 0 saturated heterocycles. The number of hydrogen-bond acceptors (Lipinski definition) is 2. The highest BCUT2D eigenvalue weighted by Gasteiger charge is 2.39. The highest BCUT2D eigenvalue weighted by molar-refractivity contribution is 14.1. The molecule has 0 saturated carbocycles. The van der Waals surface area contributed by atoms with Crippen molar-refractivity contribution in [3.63, 3.8) is 0 Å². The lowest BCUT2D eigenvalue weighted by Gasteiger charge is -2.22. The van der Waals surface area contributed by atoms with E-state index in [0.717, 1.165) is 11.4 Å². The molecule has 1 aliphatic rings. The zero-order valence-corrected chi connectivity index (χ0v) is 18.2. The minimum absolute atomic E-state index is 0.185. The summed E-state index contributed by atoms with van der Waals surface area (Å²) in [5.41, 5.74) is 7.12. The Balaban J connectivity index is 1.73. The topological polar surface area (TPSA) is 12.5 Å². The fraction of sp³-hybridized carbons (Fsp3) is 0.0400. The summed E-state index contributed by atoms with van der Waals surface area (Å²) in [5.74, 6) is 0.930. The molecule has 0 N–H and O–H groups in total. The number of hydrogen-bond donors (Lipinski definition) is 0. The molecule has 0 unspecified atom stereocenters. The molecule has 5 rings (SSSR count). The van der Waals surface area contributed by atoms with Gasteiger partial charge in [-0.15, -0.1) is 0 Å². The summed E-state index contributed by atoms with van der Waals surface area (Å²) < 4.78 is 7.71. The van der Waals surface area contributed by atoms with E-state index in [-0.39, 0.29) is 7.05 Å². The Morgan fingerprint density at radius 1 is 0.724 bits per heavy atom. The van der Waals surface area contributed by atoms with Gasteiger partial charge in [-0.3, -0.25) is 0 Å². The molecule has 1 heterocycles. The van der Waals surface area contributed by atoms with Crippen molar-refractivity contribution in [2.45, 2.75) is 0 Å². The Kier molecular flexibility index (Phi) is 4.80.